The van der Waals surface area contributed by atoms with Crippen LogP contribution in [0.3, 0.4) is 0 Å². The number of nitrogens with one attached hydrogen (secondary N) is 2. The molecule has 3 N–H and O–H groups in total. The first-order valence-corrected chi connectivity index (χ1v) is 9.88. The monoisotopic (exact) mass is 375 g/mol. The Hall–Kier alpha value is -2.05. The van der Waals surface area contributed by atoms with Crippen LogP contribution in [0.25, 0.3) is 0 Å². The van der Waals surface area contributed by atoms with Crippen LogP contribution >= 0.6 is 11.3 Å². The van der Waals surface area contributed by atoms with Crippen molar-refractivity contribution in [2.24, 2.45) is 4.99 Å². The summed E-state index contributed by atoms with van der Waals surface area (Å²) in [5.41, 5.74) is 1.04. The molecule has 1 aromatic carbocycles. The molecule has 0 radical (unpaired) electrons. The van der Waals surface area contributed by atoms with Gasteiger partial charge in [0.05, 0.1) is 19.2 Å². The molecule has 142 valence electrons. The first kappa shape index (κ1) is 20.3. The third kappa shape index (κ3) is 6.35. The molecule has 2 rings (SSSR count). The number of guanidine groups is 1. The van der Waals surface area contributed by atoms with Gasteiger partial charge >= 0.3 is 0 Å². The number of benzene rings is 1. The van der Waals surface area contributed by atoms with E-state index in [2.05, 4.69) is 15.6 Å². The van der Waals surface area contributed by atoms with E-state index in [4.69, 9.17) is 4.74 Å². The number of rotatable bonds is 8. The SMILES string of the molecule is CCNC(=NCc1cccc(OC(C)C)c1)NCC(C)(O)c1ccsc1. The van der Waals surface area contributed by atoms with Crippen LogP contribution in [0.4, 0.5) is 0 Å². The third-order valence-corrected chi connectivity index (χ3v) is 4.46. The maximum atomic E-state index is 10.6. The zero-order valence-electron chi connectivity index (χ0n) is 16.0. The van der Waals surface area contributed by atoms with E-state index in [9.17, 15) is 5.11 Å². The summed E-state index contributed by atoms with van der Waals surface area (Å²) in [4.78, 5) is 4.62. The number of hydrogen-bond donors (Lipinski definition) is 3. The van der Waals surface area contributed by atoms with Gasteiger partial charge in [0, 0.05) is 6.54 Å². The maximum absolute atomic E-state index is 10.6. The van der Waals surface area contributed by atoms with E-state index >= 15 is 0 Å². The van der Waals surface area contributed by atoms with Crippen molar-refractivity contribution < 1.29 is 9.84 Å². The van der Waals surface area contributed by atoms with Crippen molar-refractivity contribution >= 4 is 17.3 Å². The average Bonchev–Trinajstić information content (AvgIpc) is 3.13. The summed E-state index contributed by atoms with van der Waals surface area (Å²) in [5, 5.41) is 21.0. The molecule has 0 spiro atoms. The lowest BCUT2D eigenvalue weighted by molar-refractivity contribution is 0.0621. The Morgan fingerprint density at radius 3 is 2.77 bits per heavy atom. The van der Waals surface area contributed by atoms with Gasteiger partial charge < -0.3 is 20.5 Å². The minimum atomic E-state index is -0.943. The predicted molar refractivity (Wildman–Crippen MR) is 109 cm³/mol. The van der Waals surface area contributed by atoms with Crippen LogP contribution in [-0.2, 0) is 12.1 Å². The van der Waals surface area contributed by atoms with E-state index < -0.39 is 5.60 Å². The van der Waals surface area contributed by atoms with Crippen molar-refractivity contribution in [3.63, 3.8) is 0 Å². The van der Waals surface area contributed by atoms with Gasteiger partial charge in [-0.2, -0.15) is 11.3 Å². The fourth-order valence-corrected chi connectivity index (χ4v) is 3.21. The first-order chi connectivity index (χ1) is 12.4. The number of ether oxygens (including phenoxy) is 1. The highest BCUT2D eigenvalue weighted by Crippen LogP contribution is 2.22. The Morgan fingerprint density at radius 2 is 2.12 bits per heavy atom. The number of aliphatic hydroxyl groups is 1. The molecule has 1 unspecified atom stereocenters. The Labute approximate surface area is 160 Å². The molecule has 26 heavy (non-hydrogen) atoms. The molecule has 0 aliphatic rings. The Morgan fingerprint density at radius 1 is 1.31 bits per heavy atom. The molecule has 0 saturated heterocycles. The predicted octanol–water partition coefficient (Wildman–Crippen LogP) is 3.50. The second-order valence-corrected chi connectivity index (χ2v) is 7.43. The summed E-state index contributed by atoms with van der Waals surface area (Å²) in [5.74, 6) is 1.53. The highest BCUT2D eigenvalue weighted by atomic mass is 32.1. The normalized spacial score (nSPS) is 14.2. The second-order valence-electron chi connectivity index (χ2n) is 6.65. The molecular formula is C20H29N3O2S. The lowest BCUT2D eigenvalue weighted by Crippen LogP contribution is -2.44. The Bertz CT molecular complexity index is 697. The number of hydrogen-bond acceptors (Lipinski definition) is 4. The molecule has 1 aromatic heterocycles. The van der Waals surface area contributed by atoms with Gasteiger partial charge in [-0.1, -0.05) is 12.1 Å². The van der Waals surface area contributed by atoms with E-state index in [1.165, 1.54) is 0 Å². The maximum Gasteiger partial charge on any atom is 0.191 e. The fraction of sp³-hybridized carbons (Fsp3) is 0.450. The molecule has 0 fully saturated rings. The van der Waals surface area contributed by atoms with Crippen LogP contribution in [0.2, 0.25) is 0 Å². The van der Waals surface area contributed by atoms with E-state index in [0.717, 1.165) is 23.4 Å². The average molecular weight is 376 g/mol. The summed E-state index contributed by atoms with van der Waals surface area (Å²) < 4.78 is 5.73. The fourth-order valence-electron chi connectivity index (χ4n) is 2.43. The molecule has 1 atom stereocenters. The summed E-state index contributed by atoms with van der Waals surface area (Å²) >= 11 is 1.58. The molecule has 0 bridgehead atoms. The molecule has 0 aliphatic heterocycles. The molecule has 5 nitrogen and oxygen atoms in total. The third-order valence-electron chi connectivity index (χ3n) is 3.78. The van der Waals surface area contributed by atoms with Gasteiger partial charge in [0.15, 0.2) is 5.96 Å². The highest BCUT2D eigenvalue weighted by Gasteiger charge is 2.23. The smallest absolute Gasteiger partial charge is 0.191 e. The van der Waals surface area contributed by atoms with Gasteiger partial charge in [0.25, 0.3) is 0 Å². The molecule has 6 heteroatoms. The van der Waals surface area contributed by atoms with Gasteiger partial charge in [0.2, 0.25) is 0 Å². The van der Waals surface area contributed by atoms with E-state index in [0.29, 0.717) is 19.0 Å². The van der Waals surface area contributed by atoms with Crippen molar-refractivity contribution in [1.82, 2.24) is 10.6 Å². The van der Waals surface area contributed by atoms with Crippen molar-refractivity contribution in [3.05, 3.63) is 52.2 Å². The number of aliphatic imine (C=N–C) groups is 1. The summed E-state index contributed by atoms with van der Waals surface area (Å²) in [6.07, 6.45) is 0.145. The van der Waals surface area contributed by atoms with Crippen LogP contribution in [0.1, 0.15) is 38.8 Å². The number of nitrogens with zero attached hydrogens (tertiary/aromatic N) is 1. The Balaban J connectivity index is 2.00. The van der Waals surface area contributed by atoms with Crippen molar-refractivity contribution in [2.75, 3.05) is 13.1 Å². The van der Waals surface area contributed by atoms with Gasteiger partial charge in [-0.15, -0.1) is 0 Å². The minimum Gasteiger partial charge on any atom is -0.491 e. The van der Waals surface area contributed by atoms with Gasteiger partial charge in [-0.3, -0.25) is 0 Å². The molecule has 0 amide bonds. The lowest BCUT2D eigenvalue weighted by atomic mass is 9.99. The summed E-state index contributed by atoms with van der Waals surface area (Å²) in [6, 6.07) is 9.91. The zero-order valence-corrected chi connectivity index (χ0v) is 16.8. The van der Waals surface area contributed by atoms with E-state index in [1.54, 1.807) is 18.3 Å². The summed E-state index contributed by atoms with van der Waals surface area (Å²) in [6.45, 7) is 9.51. The van der Waals surface area contributed by atoms with Crippen molar-refractivity contribution in [1.29, 1.82) is 0 Å². The minimum absolute atomic E-state index is 0.145. The molecule has 0 saturated carbocycles. The largest absolute Gasteiger partial charge is 0.491 e. The van der Waals surface area contributed by atoms with E-state index in [-0.39, 0.29) is 6.10 Å². The standard InChI is InChI=1S/C20H29N3O2S/c1-5-21-19(23-14-20(4,24)17-9-10-26-13-17)22-12-16-7-6-8-18(11-16)25-15(2)3/h6-11,13,15,24H,5,12,14H2,1-4H3,(H2,21,22,23). The number of thiophene rings is 1. The first-order valence-electron chi connectivity index (χ1n) is 8.93. The lowest BCUT2D eigenvalue weighted by Gasteiger charge is -2.24. The van der Waals surface area contributed by atoms with Gasteiger partial charge in [-0.25, -0.2) is 4.99 Å². The van der Waals surface area contributed by atoms with Crippen LogP contribution < -0.4 is 15.4 Å². The topological polar surface area (TPSA) is 65.9 Å². The van der Waals surface area contributed by atoms with Crippen molar-refractivity contribution in [3.8, 4) is 5.75 Å². The van der Waals surface area contributed by atoms with E-state index in [1.807, 2.05) is 61.9 Å². The zero-order chi connectivity index (χ0) is 19.0. The van der Waals surface area contributed by atoms with Crippen LogP contribution in [-0.4, -0.2) is 30.3 Å². The van der Waals surface area contributed by atoms with Crippen LogP contribution in [0.5, 0.6) is 5.75 Å². The Kier molecular flexibility index (Phi) is 7.48. The molecule has 2 aromatic rings. The molecular weight excluding hydrogens is 346 g/mol. The van der Waals surface area contributed by atoms with Gasteiger partial charge in [-0.05, 0) is 67.8 Å². The van der Waals surface area contributed by atoms with Gasteiger partial charge in [0.1, 0.15) is 11.4 Å². The van der Waals surface area contributed by atoms with Crippen LogP contribution in [0.15, 0.2) is 46.1 Å². The van der Waals surface area contributed by atoms with Crippen LogP contribution in [0, 0.1) is 0 Å². The second kappa shape index (κ2) is 9.59. The quantitative estimate of drug-likeness (QED) is 0.488. The van der Waals surface area contributed by atoms with Crippen molar-refractivity contribution in [2.45, 2.75) is 45.9 Å². The highest BCUT2D eigenvalue weighted by molar-refractivity contribution is 7.08. The molecule has 1 heterocycles. The molecule has 0 aliphatic carbocycles. The summed E-state index contributed by atoms with van der Waals surface area (Å²) in [7, 11) is 0.